The summed E-state index contributed by atoms with van der Waals surface area (Å²) in [5.74, 6) is 0.814. The first-order valence-electron chi connectivity index (χ1n) is 6.66. The smallest absolute Gasteiger partial charge is 0.171 e. The van der Waals surface area contributed by atoms with Crippen LogP contribution in [0.3, 0.4) is 0 Å². The van der Waals surface area contributed by atoms with Crippen molar-refractivity contribution >= 4 is 46.2 Å². The minimum Gasteiger partial charge on any atom is -0.497 e. The molecule has 0 aliphatic heterocycles. The number of thiocarbonyl (C=S) groups is 1. The molecule has 2 N–H and O–H groups in total. The van der Waals surface area contributed by atoms with Crippen LogP contribution in [0.5, 0.6) is 5.75 Å². The highest BCUT2D eigenvalue weighted by molar-refractivity contribution is 7.80. The molecule has 0 radical (unpaired) electrons. The minimum atomic E-state index is 0.0397. The number of benzene rings is 2. The summed E-state index contributed by atoms with van der Waals surface area (Å²) in [5, 5.41) is 7.80. The second-order valence-corrected chi connectivity index (χ2v) is 5.95. The van der Waals surface area contributed by atoms with Gasteiger partial charge in [0.15, 0.2) is 5.11 Å². The normalized spacial score (nSPS) is 11.6. The van der Waals surface area contributed by atoms with Crippen molar-refractivity contribution in [3.8, 4) is 5.75 Å². The highest BCUT2D eigenvalue weighted by Crippen LogP contribution is 2.25. The van der Waals surface area contributed by atoms with Crippen molar-refractivity contribution in [1.29, 1.82) is 0 Å². The highest BCUT2D eigenvalue weighted by atomic mass is 35.5. The zero-order chi connectivity index (χ0) is 16.1. The first-order chi connectivity index (χ1) is 10.5. The Balaban J connectivity index is 2.00. The van der Waals surface area contributed by atoms with Crippen molar-refractivity contribution in [2.45, 2.75) is 13.0 Å². The average molecular weight is 355 g/mol. The Morgan fingerprint density at radius 3 is 2.59 bits per heavy atom. The fraction of sp³-hybridized carbons (Fsp3) is 0.188. The van der Waals surface area contributed by atoms with Gasteiger partial charge in [-0.15, -0.1) is 0 Å². The van der Waals surface area contributed by atoms with Crippen LogP contribution in [-0.4, -0.2) is 12.2 Å². The van der Waals surface area contributed by atoms with Gasteiger partial charge in [-0.3, -0.25) is 0 Å². The topological polar surface area (TPSA) is 33.3 Å². The molecule has 0 aromatic heterocycles. The van der Waals surface area contributed by atoms with Crippen LogP contribution >= 0.6 is 35.4 Å². The number of rotatable bonds is 4. The van der Waals surface area contributed by atoms with Crippen LogP contribution in [0.2, 0.25) is 10.0 Å². The lowest BCUT2D eigenvalue weighted by Gasteiger charge is -2.18. The molecule has 0 amide bonds. The Labute approximate surface area is 145 Å². The van der Waals surface area contributed by atoms with Gasteiger partial charge >= 0.3 is 0 Å². The zero-order valence-electron chi connectivity index (χ0n) is 12.2. The van der Waals surface area contributed by atoms with Crippen molar-refractivity contribution in [3.05, 3.63) is 58.1 Å². The van der Waals surface area contributed by atoms with Crippen molar-refractivity contribution < 1.29 is 4.74 Å². The molecule has 0 fully saturated rings. The van der Waals surface area contributed by atoms with Gasteiger partial charge in [-0.1, -0.05) is 35.3 Å². The highest BCUT2D eigenvalue weighted by Gasteiger charge is 2.08. The van der Waals surface area contributed by atoms with E-state index >= 15 is 0 Å². The maximum atomic E-state index is 5.98. The summed E-state index contributed by atoms with van der Waals surface area (Å²) in [7, 11) is 1.65. The second-order valence-electron chi connectivity index (χ2n) is 4.73. The van der Waals surface area contributed by atoms with Crippen LogP contribution in [0.1, 0.15) is 18.5 Å². The SMILES string of the molecule is COc1cccc(C(C)NC(=S)Nc2ccc(Cl)c(Cl)c2)c1. The van der Waals surface area contributed by atoms with Crippen LogP contribution < -0.4 is 15.4 Å². The van der Waals surface area contributed by atoms with Crippen molar-refractivity contribution in [1.82, 2.24) is 5.32 Å². The molecular formula is C16H16Cl2N2OS. The molecule has 116 valence electrons. The van der Waals surface area contributed by atoms with E-state index in [-0.39, 0.29) is 6.04 Å². The third-order valence-corrected chi connectivity index (χ3v) is 4.08. The van der Waals surface area contributed by atoms with Crippen LogP contribution in [0, 0.1) is 0 Å². The Kier molecular flexibility index (Phi) is 5.89. The van der Waals surface area contributed by atoms with Crippen LogP contribution in [-0.2, 0) is 0 Å². The van der Waals surface area contributed by atoms with E-state index in [1.54, 1.807) is 19.2 Å². The number of hydrogen-bond acceptors (Lipinski definition) is 2. The molecule has 0 aliphatic rings. The van der Waals surface area contributed by atoms with Gasteiger partial charge in [-0.25, -0.2) is 0 Å². The summed E-state index contributed by atoms with van der Waals surface area (Å²) in [6.07, 6.45) is 0. The molecular weight excluding hydrogens is 339 g/mol. The second kappa shape index (κ2) is 7.68. The Morgan fingerprint density at radius 2 is 1.91 bits per heavy atom. The molecule has 22 heavy (non-hydrogen) atoms. The Hall–Kier alpha value is -1.49. The molecule has 2 rings (SSSR count). The number of halogens is 2. The van der Waals surface area contributed by atoms with Crippen LogP contribution in [0.25, 0.3) is 0 Å². The van der Waals surface area contributed by atoms with Crippen molar-refractivity contribution in [2.24, 2.45) is 0 Å². The van der Waals surface area contributed by atoms with Gasteiger partial charge in [0.25, 0.3) is 0 Å². The molecule has 1 unspecified atom stereocenters. The van der Waals surface area contributed by atoms with E-state index in [0.29, 0.717) is 15.2 Å². The van der Waals surface area contributed by atoms with Gasteiger partial charge in [0.2, 0.25) is 0 Å². The number of ether oxygens (including phenoxy) is 1. The van der Waals surface area contributed by atoms with Gasteiger partial charge in [-0.05, 0) is 55.0 Å². The average Bonchev–Trinajstić information content (AvgIpc) is 2.51. The molecule has 0 bridgehead atoms. The summed E-state index contributed by atoms with van der Waals surface area (Å²) in [4.78, 5) is 0. The van der Waals surface area contributed by atoms with E-state index in [1.807, 2.05) is 37.3 Å². The Morgan fingerprint density at radius 1 is 1.14 bits per heavy atom. The maximum absolute atomic E-state index is 5.98. The molecule has 2 aromatic carbocycles. The zero-order valence-corrected chi connectivity index (χ0v) is 14.5. The van der Waals surface area contributed by atoms with E-state index in [9.17, 15) is 0 Å². The third kappa shape index (κ3) is 4.50. The van der Waals surface area contributed by atoms with E-state index < -0.39 is 0 Å². The summed E-state index contributed by atoms with van der Waals surface area (Å²) >= 11 is 17.2. The first kappa shape index (κ1) is 16.9. The molecule has 3 nitrogen and oxygen atoms in total. The van der Waals surface area contributed by atoms with Gasteiger partial charge in [0, 0.05) is 5.69 Å². The number of methoxy groups -OCH3 is 1. The largest absolute Gasteiger partial charge is 0.497 e. The van der Waals surface area contributed by atoms with Gasteiger partial charge in [0.1, 0.15) is 5.75 Å². The molecule has 2 aromatic rings. The monoisotopic (exact) mass is 354 g/mol. The Bertz CT molecular complexity index is 679. The lowest BCUT2D eigenvalue weighted by Crippen LogP contribution is -2.30. The first-order valence-corrected chi connectivity index (χ1v) is 7.82. The summed E-state index contributed by atoms with van der Waals surface area (Å²) in [6, 6.07) is 13.1. The molecule has 6 heteroatoms. The minimum absolute atomic E-state index is 0.0397. The quantitative estimate of drug-likeness (QED) is 0.752. The van der Waals surface area contributed by atoms with Crippen LogP contribution in [0.15, 0.2) is 42.5 Å². The molecule has 1 atom stereocenters. The van der Waals surface area contributed by atoms with Gasteiger partial charge in [0.05, 0.1) is 23.2 Å². The summed E-state index contributed by atoms with van der Waals surface area (Å²) in [5.41, 5.74) is 1.86. The maximum Gasteiger partial charge on any atom is 0.171 e. The molecule has 0 saturated heterocycles. The van der Waals surface area contributed by atoms with Crippen molar-refractivity contribution in [3.63, 3.8) is 0 Å². The standard InChI is InChI=1S/C16H16Cl2N2OS/c1-10(11-4-3-5-13(8-11)21-2)19-16(22)20-12-6-7-14(17)15(18)9-12/h3-10H,1-2H3,(H2,19,20,22). The number of anilines is 1. The molecule has 0 spiro atoms. The van der Waals surface area contributed by atoms with E-state index in [2.05, 4.69) is 10.6 Å². The van der Waals surface area contributed by atoms with E-state index in [0.717, 1.165) is 17.0 Å². The number of nitrogens with one attached hydrogen (secondary N) is 2. The van der Waals surface area contributed by atoms with Crippen LogP contribution in [0.4, 0.5) is 5.69 Å². The van der Waals surface area contributed by atoms with Crippen molar-refractivity contribution in [2.75, 3.05) is 12.4 Å². The molecule has 0 aliphatic carbocycles. The fourth-order valence-electron chi connectivity index (χ4n) is 1.93. The summed E-state index contributed by atoms with van der Waals surface area (Å²) < 4.78 is 5.23. The lowest BCUT2D eigenvalue weighted by atomic mass is 10.1. The van der Waals surface area contributed by atoms with Gasteiger partial charge in [-0.2, -0.15) is 0 Å². The predicted molar refractivity (Wildman–Crippen MR) is 97.2 cm³/mol. The van der Waals surface area contributed by atoms with E-state index in [4.69, 9.17) is 40.2 Å². The fourth-order valence-corrected chi connectivity index (χ4v) is 2.52. The number of hydrogen-bond donors (Lipinski definition) is 2. The molecule has 0 saturated carbocycles. The summed E-state index contributed by atoms with van der Waals surface area (Å²) in [6.45, 7) is 2.03. The van der Waals surface area contributed by atoms with Gasteiger partial charge < -0.3 is 15.4 Å². The predicted octanol–water partition coefficient (Wildman–Crippen LogP) is 5.05. The third-order valence-electron chi connectivity index (χ3n) is 3.12. The molecule has 0 heterocycles. The van der Waals surface area contributed by atoms with E-state index in [1.165, 1.54) is 0 Å². The lowest BCUT2D eigenvalue weighted by molar-refractivity contribution is 0.413.